The number of benzene rings is 1. The first-order valence-corrected chi connectivity index (χ1v) is 9.68. The zero-order valence-electron chi connectivity index (χ0n) is 16.7. The Hall–Kier alpha value is -2.28. The maximum absolute atomic E-state index is 5.33. The molecule has 0 spiro atoms. The molecule has 3 rings (SSSR count). The van der Waals surface area contributed by atoms with Crippen molar-refractivity contribution in [2.75, 3.05) is 32.6 Å². The second kappa shape index (κ2) is 9.08. The number of anilines is 1. The molecule has 2 heterocycles. The number of nitrogens with zero attached hydrogens (tertiary/aromatic N) is 3. The average molecular weight is 374 g/mol. The minimum Gasteiger partial charge on any atom is -0.493 e. The molecule has 148 valence electrons. The summed E-state index contributed by atoms with van der Waals surface area (Å²) in [5.41, 5.74) is 0.820. The minimum atomic E-state index is 0.444. The van der Waals surface area contributed by atoms with E-state index in [-0.39, 0.29) is 0 Å². The van der Waals surface area contributed by atoms with E-state index in [1.165, 1.54) is 19.3 Å². The van der Waals surface area contributed by atoms with Gasteiger partial charge in [0.2, 0.25) is 5.82 Å². The van der Waals surface area contributed by atoms with Gasteiger partial charge in [-0.2, -0.15) is 4.98 Å². The third-order valence-electron chi connectivity index (χ3n) is 5.31. The van der Waals surface area contributed by atoms with Gasteiger partial charge in [-0.3, -0.25) is 4.90 Å². The fourth-order valence-electron chi connectivity index (χ4n) is 3.76. The Morgan fingerprint density at radius 2 is 1.89 bits per heavy atom. The molecule has 1 aliphatic rings. The molecule has 0 saturated carbocycles. The molecule has 7 heteroatoms. The van der Waals surface area contributed by atoms with Crippen molar-refractivity contribution >= 4 is 6.01 Å². The van der Waals surface area contributed by atoms with Crippen molar-refractivity contribution in [2.45, 2.75) is 51.6 Å². The van der Waals surface area contributed by atoms with Crippen molar-refractivity contribution < 1.29 is 14.0 Å². The standard InChI is InChI=1S/C20H30N4O3/c1-14-7-5-8-15(2)24(14)12-6-11-21-20-22-19(23-27-20)16-9-10-17(25-3)18(13-16)26-4/h9-10,13-15H,5-8,11-12H2,1-4H3,(H,21,22,23). The lowest BCUT2D eigenvalue weighted by molar-refractivity contribution is 0.103. The summed E-state index contributed by atoms with van der Waals surface area (Å²) in [5.74, 6) is 1.83. The smallest absolute Gasteiger partial charge is 0.321 e. The third-order valence-corrected chi connectivity index (χ3v) is 5.31. The van der Waals surface area contributed by atoms with E-state index in [4.69, 9.17) is 14.0 Å². The molecule has 0 amide bonds. The number of nitrogens with one attached hydrogen (secondary N) is 1. The molecule has 2 atom stereocenters. The zero-order chi connectivity index (χ0) is 19.2. The van der Waals surface area contributed by atoms with E-state index in [2.05, 4.69) is 34.2 Å². The highest BCUT2D eigenvalue weighted by Gasteiger charge is 2.23. The Labute approximate surface area is 161 Å². The molecule has 0 aliphatic carbocycles. The fraction of sp³-hybridized carbons (Fsp3) is 0.600. The van der Waals surface area contributed by atoms with E-state index >= 15 is 0 Å². The number of hydrogen-bond acceptors (Lipinski definition) is 7. The molecule has 0 radical (unpaired) electrons. The monoisotopic (exact) mass is 374 g/mol. The Kier molecular flexibility index (Phi) is 6.55. The Morgan fingerprint density at radius 1 is 1.15 bits per heavy atom. The summed E-state index contributed by atoms with van der Waals surface area (Å²) in [4.78, 5) is 7.03. The summed E-state index contributed by atoms with van der Waals surface area (Å²) < 4.78 is 15.9. The highest BCUT2D eigenvalue weighted by molar-refractivity contribution is 5.61. The number of likely N-dealkylation sites (tertiary alicyclic amines) is 1. The van der Waals surface area contributed by atoms with Gasteiger partial charge in [0.1, 0.15) is 0 Å². The Balaban J connectivity index is 1.52. The molecular weight excluding hydrogens is 344 g/mol. The summed E-state index contributed by atoms with van der Waals surface area (Å²) >= 11 is 0. The summed E-state index contributed by atoms with van der Waals surface area (Å²) in [6.07, 6.45) is 4.99. The van der Waals surface area contributed by atoms with Gasteiger partial charge in [0.25, 0.3) is 0 Å². The summed E-state index contributed by atoms with van der Waals surface area (Å²) in [5, 5.41) is 7.29. The van der Waals surface area contributed by atoms with Crippen LogP contribution in [0.3, 0.4) is 0 Å². The lowest BCUT2D eigenvalue weighted by atomic mass is 9.97. The van der Waals surface area contributed by atoms with E-state index in [1.807, 2.05) is 18.2 Å². The Bertz CT molecular complexity index is 724. The molecular formula is C20H30N4O3. The first-order valence-electron chi connectivity index (χ1n) is 9.68. The molecule has 1 saturated heterocycles. The predicted octanol–water partition coefficient (Wildman–Crippen LogP) is 3.82. The first kappa shape index (κ1) is 19.5. The molecule has 27 heavy (non-hydrogen) atoms. The third kappa shape index (κ3) is 4.71. The SMILES string of the molecule is COc1ccc(-c2noc(NCCCN3C(C)CCCC3C)n2)cc1OC. The van der Waals surface area contributed by atoms with Gasteiger partial charge in [0.15, 0.2) is 11.5 Å². The van der Waals surface area contributed by atoms with Crippen LogP contribution < -0.4 is 14.8 Å². The molecule has 2 aromatic rings. The van der Waals surface area contributed by atoms with Crippen molar-refractivity contribution in [1.82, 2.24) is 15.0 Å². The second-order valence-corrected chi connectivity index (χ2v) is 7.14. The molecule has 7 nitrogen and oxygen atoms in total. The van der Waals surface area contributed by atoms with Gasteiger partial charge in [0, 0.05) is 30.7 Å². The van der Waals surface area contributed by atoms with E-state index in [0.717, 1.165) is 25.1 Å². The van der Waals surface area contributed by atoms with Crippen LogP contribution in [-0.4, -0.2) is 54.4 Å². The van der Waals surface area contributed by atoms with E-state index in [1.54, 1.807) is 14.2 Å². The van der Waals surface area contributed by atoms with Gasteiger partial charge >= 0.3 is 6.01 Å². The summed E-state index contributed by atoms with van der Waals surface area (Å²) in [6, 6.07) is 7.35. The Morgan fingerprint density at radius 3 is 2.59 bits per heavy atom. The van der Waals surface area contributed by atoms with Crippen LogP contribution in [0, 0.1) is 0 Å². The van der Waals surface area contributed by atoms with Crippen molar-refractivity contribution in [1.29, 1.82) is 0 Å². The highest BCUT2D eigenvalue weighted by Crippen LogP contribution is 2.31. The summed E-state index contributed by atoms with van der Waals surface area (Å²) in [6.45, 7) is 6.56. The van der Waals surface area contributed by atoms with Crippen molar-refractivity contribution in [3.8, 4) is 22.9 Å². The largest absolute Gasteiger partial charge is 0.493 e. The summed E-state index contributed by atoms with van der Waals surface area (Å²) in [7, 11) is 3.22. The quantitative estimate of drug-likeness (QED) is 0.704. The average Bonchev–Trinajstić information content (AvgIpc) is 3.15. The van der Waals surface area contributed by atoms with Gasteiger partial charge in [-0.1, -0.05) is 11.6 Å². The lowest BCUT2D eigenvalue weighted by Gasteiger charge is -2.39. The van der Waals surface area contributed by atoms with E-state index < -0.39 is 0 Å². The van der Waals surface area contributed by atoms with Crippen LogP contribution in [0.25, 0.3) is 11.4 Å². The predicted molar refractivity (Wildman–Crippen MR) is 105 cm³/mol. The molecule has 1 fully saturated rings. The maximum atomic E-state index is 5.33. The highest BCUT2D eigenvalue weighted by atomic mass is 16.5. The van der Waals surface area contributed by atoms with Crippen LogP contribution in [0.5, 0.6) is 11.5 Å². The fourth-order valence-corrected chi connectivity index (χ4v) is 3.76. The van der Waals surface area contributed by atoms with Gasteiger partial charge in [-0.15, -0.1) is 0 Å². The van der Waals surface area contributed by atoms with Crippen LogP contribution in [0.1, 0.15) is 39.5 Å². The van der Waals surface area contributed by atoms with Gasteiger partial charge in [-0.05, 0) is 51.3 Å². The van der Waals surface area contributed by atoms with Crippen LogP contribution >= 0.6 is 0 Å². The second-order valence-electron chi connectivity index (χ2n) is 7.14. The number of methoxy groups -OCH3 is 2. The van der Waals surface area contributed by atoms with Crippen molar-refractivity contribution in [3.63, 3.8) is 0 Å². The molecule has 1 N–H and O–H groups in total. The molecule has 0 bridgehead atoms. The molecule has 1 aromatic heterocycles. The van der Waals surface area contributed by atoms with E-state index in [9.17, 15) is 0 Å². The molecule has 2 unspecified atom stereocenters. The van der Waals surface area contributed by atoms with E-state index in [0.29, 0.717) is 35.4 Å². The van der Waals surface area contributed by atoms with Crippen LogP contribution in [-0.2, 0) is 0 Å². The number of aromatic nitrogens is 2. The number of hydrogen-bond donors (Lipinski definition) is 1. The van der Waals surface area contributed by atoms with Gasteiger partial charge in [-0.25, -0.2) is 0 Å². The maximum Gasteiger partial charge on any atom is 0.321 e. The normalized spacial score (nSPS) is 20.4. The number of rotatable bonds is 8. The van der Waals surface area contributed by atoms with Gasteiger partial charge in [0.05, 0.1) is 14.2 Å². The minimum absolute atomic E-state index is 0.444. The topological polar surface area (TPSA) is 72.7 Å². The van der Waals surface area contributed by atoms with Crippen LogP contribution in [0.4, 0.5) is 6.01 Å². The lowest BCUT2D eigenvalue weighted by Crippen LogP contribution is -2.44. The van der Waals surface area contributed by atoms with Crippen LogP contribution in [0.2, 0.25) is 0 Å². The zero-order valence-corrected chi connectivity index (χ0v) is 16.7. The molecule has 1 aliphatic heterocycles. The van der Waals surface area contributed by atoms with Crippen molar-refractivity contribution in [3.05, 3.63) is 18.2 Å². The molecule has 1 aromatic carbocycles. The number of piperidine rings is 1. The van der Waals surface area contributed by atoms with Gasteiger partial charge < -0.3 is 19.3 Å². The number of ether oxygens (including phenoxy) is 2. The van der Waals surface area contributed by atoms with Crippen molar-refractivity contribution in [2.24, 2.45) is 0 Å². The first-order chi connectivity index (χ1) is 13.1. The van der Waals surface area contributed by atoms with Crippen LogP contribution in [0.15, 0.2) is 22.7 Å².